The minimum Gasteiger partial charge on any atom is -0.310 e. The standard InChI is InChI=1S/C17H18FN/c1-12-4-9-16(18)15(11-12)13-5-7-14(8-6-13)17-3-2-10-19-17/h4-9,11,17,19H,2-3,10H2,1H3. The van der Waals surface area contributed by atoms with Gasteiger partial charge in [-0.05, 0) is 49.6 Å². The van der Waals surface area contributed by atoms with Crippen LogP contribution in [0.4, 0.5) is 4.39 Å². The molecule has 0 saturated carbocycles. The SMILES string of the molecule is Cc1ccc(F)c(-c2ccc(C3CCCN3)cc2)c1. The second-order valence-electron chi connectivity index (χ2n) is 5.25. The second kappa shape index (κ2) is 5.14. The van der Waals surface area contributed by atoms with Crippen molar-refractivity contribution in [3.05, 3.63) is 59.4 Å². The zero-order valence-electron chi connectivity index (χ0n) is 11.1. The van der Waals surface area contributed by atoms with Crippen LogP contribution in [-0.2, 0) is 0 Å². The zero-order valence-corrected chi connectivity index (χ0v) is 11.1. The van der Waals surface area contributed by atoms with Crippen LogP contribution >= 0.6 is 0 Å². The molecule has 1 heterocycles. The van der Waals surface area contributed by atoms with Gasteiger partial charge in [-0.2, -0.15) is 0 Å². The monoisotopic (exact) mass is 255 g/mol. The van der Waals surface area contributed by atoms with E-state index in [1.54, 1.807) is 6.07 Å². The summed E-state index contributed by atoms with van der Waals surface area (Å²) < 4.78 is 13.8. The second-order valence-corrected chi connectivity index (χ2v) is 5.25. The Labute approximate surface area is 113 Å². The van der Waals surface area contributed by atoms with E-state index in [0.29, 0.717) is 11.6 Å². The van der Waals surface area contributed by atoms with Gasteiger partial charge < -0.3 is 5.32 Å². The van der Waals surface area contributed by atoms with Crippen molar-refractivity contribution in [2.75, 3.05) is 6.54 Å². The van der Waals surface area contributed by atoms with E-state index in [1.165, 1.54) is 24.5 Å². The van der Waals surface area contributed by atoms with Gasteiger partial charge in [0.2, 0.25) is 0 Å². The predicted octanol–water partition coefficient (Wildman–Crippen LogP) is 4.23. The first-order valence-corrected chi connectivity index (χ1v) is 6.84. The molecule has 0 bridgehead atoms. The topological polar surface area (TPSA) is 12.0 Å². The molecule has 1 unspecified atom stereocenters. The van der Waals surface area contributed by atoms with Crippen LogP contribution in [0.3, 0.4) is 0 Å². The zero-order chi connectivity index (χ0) is 13.2. The van der Waals surface area contributed by atoms with Gasteiger partial charge in [0.25, 0.3) is 0 Å². The van der Waals surface area contributed by atoms with Crippen molar-refractivity contribution in [3.63, 3.8) is 0 Å². The van der Waals surface area contributed by atoms with Crippen molar-refractivity contribution in [2.24, 2.45) is 0 Å². The first-order valence-electron chi connectivity index (χ1n) is 6.84. The molecule has 2 aromatic carbocycles. The Morgan fingerprint density at radius 1 is 1.11 bits per heavy atom. The molecule has 1 atom stereocenters. The van der Waals surface area contributed by atoms with Gasteiger partial charge in [-0.3, -0.25) is 0 Å². The normalized spacial score (nSPS) is 18.7. The summed E-state index contributed by atoms with van der Waals surface area (Å²) in [5.41, 5.74) is 4.01. The molecule has 0 aromatic heterocycles. The molecule has 1 aliphatic rings. The summed E-state index contributed by atoms with van der Waals surface area (Å²) >= 11 is 0. The van der Waals surface area contributed by atoms with Crippen LogP contribution in [-0.4, -0.2) is 6.54 Å². The number of aryl methyl sites for hydroxylation is 1. The highest BCUT2D eigenvalue weighted by Crippen LogP contribution is 2.28. The Morgan fingerprint density at radius 3 is 2.58 bits per heavy atom. The maximum atomic E-state index is 13.8. The van der Waals surface area contributed by atoms with Crippen LogP contribution < -0.4 is 5.32 Å². The molecule has 98 valence electrons. The molecule has 2 heteroatoms. The van der Waals surface area contributed by atoms with Gasteiger partial charge in [-0.15, -0.1) is 0 Å². The number of benzene rings is 2. The van der Waals surface area contributed by atoms with Crippen molar-refractivity contribution in [1.82, 2.24) is 5.32 Å². The third-order valence-electron chi connectivity index (χ3n) is 3.81. The van der Waals surface area contributed by atoms with E-state index in [9.17, 15) is 4.39 Å². The lowest BCUT2D eigenvalue weighted by Crippen LogP contribution is -2.12. The molecule has 3 rings (SSSR count). The fourth-order valence-electron chi connectivity index (χ4n) is 2.72. The Kier molecular flexibility index (Phi) is 3.34. The molecule has 1 N–H and O–H groups in total. The van der Waals surface area contributed by atoms with E-state index in [4.69, 9.17) is 0 Å². The molecule has 0 radical (unpaired) electrons. The summed E-state index contributed by atoms with van der Waals surface area (Å²) in [6, 6.07) is 14.0. The van der Waals surface area contributed by atoms with Gasteiger partial charge in [-0.1, -0.05) is 35.9 Å². The van der Waals surface area contributed by atoms with E-state index in [0.717, 1.165) is 17.7 Å². The lowest BCUT2D eigenvalue weighted by atomic mass is 9.99. The average Bonchev–Trinajstić information content (AvgIpc) is 2.96. The van der Waals surface area contributed by atoms with Gasteiger partial charge in [-0.25, -0.2) is 4.39 Å². The molecule has 19 heavy (non-hydrogen) atoms. The molecule has 1 aliphatic heterocycles. The Morgan fingerprint density at radius 2 is 1.89 bits per heavy atom. The fraction of sp³-hybridized carbons (Fsp3) is 0.294. The van der Waals surface area contributed by atoms with Gasteiger partial charge in [0, 0.05) is 11.6 Å². The molecule has 0 aliphatic carbocycles. The Balaban J connectivity index is 1.91. The molecule has 0 spiro atoms. The summed E-state index contributed by atoms with van der Waals surface area (Å²) in [4.78, 5) is 0. The molecule has 0 amide bonds. The van der Waals surface area contributed by atoms with Crippen molar-refractivity contribution in [2.45, 2.75) is 25.8 Å². The van der Waals surface area contributed by atoms with Crippen LogP contribution in [0.5, 0.6) is 0 Å². The number of hydrogen-bond donors (Lipinski definition) is 1. The maximum Gasteiger partial charge on any atom is 0.131 e. The summed E-state index contributed by atoms with van der Waals surface area (Å²) in [6.45, 7) is 3.08. The van der Waals surface area contributed by atoms with Crippen molar-refractivity contribution in [3.8, 4) is 11.1 Å². The molecular formula is C17H18FN. The fourth-order valence-corrected chi connectivity index (χ4v) is 2.72. The highest BCUT2D eigenvalue weighted by Gasteiger charge is 2.16. The third-order valence-corrected chi connectivity index (χ3v) is 3.81. The van der Waals surface area contributed by atoms with Crippen LogP contribution in [0.15, 0.2) is 42.5 Å². The third kappa shape index (κ3) is 2.54. The van der Waals surface area contributed by atoms with Gasteiger partial charge >= 0.3 is 0 Å². The predicted molar refractivity (Wildman–Crippen MR) is 76.6 cm³/mol. The summed E-state index contributed by atoms with van der Waals surface area (Å²) in [7, 11) is 0. The first-order chi connectivity index (χ1) is 9.24. The van der Waals surface area contributed by atoms with Crippen LogP contribution in [0.25, 0.3) is 11.1 Å². The van der Waals surface area contributed by atoms with Crippen LogP contribution in [0.2, 0.25) is 0 Å². The van der Waals surface area contributed by atoms with E-state index < -0.39 is 0 Å². The largest absolute Gasteiger partial charge is 0.310 e. The van der Waals surface area contributed by atoms with E-state index >= 15 is 0 Å². The van der Waals surface area contributed by atoms with E-state index in [-0.39, 0.29) is 5.82 Å². The van der Waals surface area contributed by atoms with Crippen molar-refractivity contribution >= 4 is 0 Å². The molecule has 1 saturated heterocycles. The smallest absolute Gasteiger partial charge is 0.131 e. The van der Waals surface area contributed by atoms with E-state index in [1.807, 2.05) is 25.1 Å². The Bertz CT molecular complexity index is 568. The highest BCUT2D eigenvalue weighted by molar-refractivity contribution is 5.65. The minimum absolute atomic E-state index is 0.155. The summed E-state index contributed by atoms with van der Waals surface area (Å²) in [6.07, 6.45) is 2.43. The summed E-state index contributed by atoms with van der Waals surface area (Å²) in [5.74, 6) is -0.155. The van der Waals surface area contributed by atoms with Crippen molar-refractivity contribution < 1.29 is 4.39 Å². The average molecular weight is 255 g/mol. The lowest BCUT2D eigenvalue weighted by molar-refractivity contribution is 0.630. The molecule has 1 nitrogen and oxygen atoms in total. The molecular weight excluding hydrogens is 237 g/mol. The summed E-state index contributed by atoms with van der Waals surface area (Å²) in [5, 5.41) is 3.48. The lowest BCUT2D eigenvalue weighted by Gasteiger charge is -2.12. The number of rotatable bonds is 2. The molecule has 2 aromatic rings. The van der Waals surface area contributed by atoms with E-state index in [2.05, 4.69) is 17.4 Å². The quantitative estimate of drug-likeness (QED) is 0.847. The number of halogens is 1. The van der Waals surface area contributed by atoms with Gasteiger partial charge in [0.15, 0.2) is 0 Å². The van der Waals surface area contributed by atoms with Crippen molar-refractivity contribution in [1.29, 1.82) is 0 Å². The number of nitrogens with one attached hydrogen (secondary N) is 1. The maximum absolute atomic E-state index is 13.8. The highest BCUT2D eigenvalue weighted by atomic mass is 19.1. The van der Waals surface area contributed by atoms with Crippen LogP contribution in [0, 0.1) is 12.7 Å². The van der Waals surface area contributed by atoms with Gasteiger partial charge in [0.1, 0.15) is 5.82 Å². The minimum atomic E-state index is -0.155. The number of hydrogen-bond acceptors (Lipinski definition) is 1. The Hall–Kier alpha value is -1.67. The van der Waals surface area contributed by atoms with Crippen LogP contribution in [0.1, 0.15) is 30.0 Å². The van der Waals surface area contributed by atoms with Gasteiger partial charge in [0.05, 0.1) is 0 Å². The molecule has 1 fully saturated rings. The first kappa shape index (κ1) is 12.4.